The van der Waals surface area contributed by atoms with Gasteiger partial charge in [-0.25, -0.2) is 9.78 Å². The van der Waals surface area contributed by atoms with Crippen LogP contribution in [0.2, 0.25) is 0 Å². The average Bonchev–Trinajstić information content (AvgIpc) is 2.68. The number of carbonyl (C=O) groups excluding carboxylic acids is 2. The molecule has 0 bridgehead atoms. The van der Waals surface area contributed by atoms with Crippen LogP contribution in [0.15, 0.2) is 0 Å². The molecular weight excluding hydrogens is 370 g/mol. The average molecular weight is 395 g/mol. The van der Waals surface area contributed by atoms with Crippen molar-refractivity contribution in [2.45, 2.75) is 13.8 Å². The Morgan fingerprint density at radius 3 is 2.41 bits per heavy atom. The van der Waals surface area contributed by atoms with Crippen molar-refractivity contribution >= 4 is 35.3 Å². The van der Waals surface area contributed by atoms with Gasteiger partial charge in [0, 0.05) is 26.2 Å². The Labute approximate surface area is 161 Å². The highest BCUT2D eigenvalue weighted by atomic mass is 32.2. The van der Waals surface area contributed by atoms with Crippen LogP contribution >= 0.6 is 0 Å². The van der Waals surface area contributed by atoms with Crippen molar-refractivity contribution in [3.05, 3.63) is 11.3 Å². The summed E-state index contributed by atoms with van der Waals surface area (Å²) >= 11 is -0.790. The van der Waals surface area contributed by atoms with Gasteiger partial charge in [0.2, 0.25) is 12.4 Å². The summed E-state index contributed by atoms with van der Waals surface area (Å²) in [6.45, 7) is 7.40. The highest BCUT2D eigenvalue weighted by Gasteiger charge is 2.29. The van der Waals surface area contributed by atoms with Gasteiger partial charge in [-0.1, -0.05) is 11.2 Å². The van der Waals surface area contributed by atoms with E-state index in [1.54, 1.807) is 18.7 Å². The molecule has 2 fully saturated rings. The predicted molar refractivity (Wildman–Crippen MR) is 103 cm³/mol. The van der Waals surface area contributed by atoms with Gasteiger partial charge in [0.15, 0.2) is 0 Å². The highest BCUT2D eigenvalue weighted by molar-refractivity contribution is 7.91. The van der Waals surface area contributed by atoms with Crippen LogP contribution < -0.4 is 9.80 Å². The lowest BCUT2D eigenvalue weighted by Gasteiger charge is -2.35. The molecule has 27 heavy (non-hydrogen) atoms. The van der Waals surface area contributed by atoms with Crippen molar-refractivity contribution in [1.29, 1.82) is 0 Å². The number of anilines is 2. The first-order valence-electron chi connectivity index (χ1n) is 9.13. The first-order valence-corrected chi connectivity index (χ1v) is 10.6. The summed E-state index contributed by atoms with van der Waals surface area (Å²) in [5.74, 6) is 1.84. The standard InChI is InChI=1S/C17H25N5O4S/c1-3-26-16(24)14-13(2)18-17(22-8-10-27(25)11-9-22)19-15(14)21-6-4-20(12-23)5-7-21/h12H,3-11H2,1-2H3. The van der Waals surface area contributed by atoms with Crippen LogP contribution in [0.5, 0.6) is 0 Å². The summed E-state index contributed by atoms with van der Waals surface area (Å²) in [5, 5.41) is 0. The minimum Gasteiger partial charge on any atom is -0.616 e. The number of amides is 1. The Bertz CT molecular complexity index is 688. The second kappa shape index (κ2) is 8.75. The fraction of sp³-hybridized carbons (Fsp3) is 0.647. The SMILES string of the molecule is CCOC(=O)c1c(C)nc(N2CC[S+]([O-])CC2)nc1N1CCN(C=O)CC1. The third-order valence-electron chi connectivity index (χ3n) is 4.76. The molecule has 0 radical (unpaired) electrons. The zero-order valence-electron chi connectivity index (χ0n) is 15.7. The van der Waals surface area contributed by atoms with Crippen LogP contribution in [0.1, 0.15) is 23.0 Å². The van der Waals surface area contributed by atoms with E-state index in [4.69, 9.17) is 9.72 Å². The van der Waals surface area contributed by atoms with E-state index in [-0.39, 0.29) is 6.61 Å². The van der Waals surface area contributed by atoms with Crippen molar-refractivity contribution in [1.82, 2.24) is 14.9 Å². The molecule has 0 saturated carbocycles. The number of ether oxygens (including phenoxy) is 1. The lowest BCUT2D eigenvalue weighted by atomic mass is 10.2. The molecule has 3 heterocycles. The zero-order valence-corrected chi connectivity index (χ0v) is 16.5. The van der Waals surface area contributed by atoms with Gasteiger partial charge in [0.25, 0.3) is 0 Å². The maximum atomic E-state index is 12.5. The van der Waals surface area contributed by atoms with Crippen LogP contribution in [0.4, 0.5) is 11.8 Å². The lowest BCUT2D eigenvalue weighted by molar-refractivity contribution is -0.118. The molecule has 10 heteroatoms. The first kappa shape index (κ1) is 19.7. The minimum atomic E-state index is -0.790. The Morgan fingerprint density at radius 1 is 1.15 bits per heavy atom. The Hall–Kier alpha value is -2.07. The smallest absolute Gasteiger partial charge is 0.343 e. The number of carbonyl (C=O) groups is 2. The molecule has 1 amide bonds. The Balaban J connectivity index is 1.93. The van der Waals surface area contributed by atoms with Gasteiger partial charge >= 0.3 is 5.97 Å². The van der Waals surface area contributed by atoms with E-state index in [9.17, 15) is 14.1 Å². The minimum absolute atomic E-state index is 0.274. The van der Waals surface area contributed by atoms with Gasteiger partial charge in [-0.3, -0.25) is 4.79 Å². The van der Waals surface area contributed by atoms with Crippen molar-refractivity contribution in [3.8, 4) is 0 Å². The molecule has 0 aromatic carbocycles. The topological polar surface area (TPSA) is 102 Å². The van der Waals surface area contributed by atoms with Crippen molar-refractivity contribution in [3.63, 3.8) is 0 Å². The molecule has 148 valence electrons. The normalized spacial score (nSPS) is 18.6. The molecule has 9 nitrogen and oxygen atoms in total. The Morgan fingerprint density at radius 2 is 1.81 bits per heavy atom. The second-order valence-corrected chi connectivity index (χ2v) is 8.19. The maximum Gasteiger partial charge on any atom is 0.343 e. The largest absolute Gasteiger partial charge is 0.616 e. The molecule has 1 aromatic rings. The molecule has 2 aliphatic rings. The van der Waals surface area contributed by atoms with Gasteiger partial charge in [0.05, 0.1) is 25.4 Å². The number of nitrogens with zero attached hydrogens (tertiary/aromatic N) is 5. The molecule has 2 saturated heterocycles. The number of rotatable bonds is 5. The highest BCUT2D eigenvalue weighted by Crippen LogP contribution is 2.26. The van der Waals surface area contributed by atoms with E-state index in [2.05, 4.69) is 4.98 Å². The van der Waals surface area contributed by atoms with E-state index in [0.29, 0.717) is 73.8 Å². The fourth-order valence-corrected chi connectivity index (χ4v) is 4.29. The quantitative estimate of drug-likeness (QED) is 0.384. The third kappa shape index (κ3) is 4.44. The van der Waals surface area contributed by atoms with Gasteiger partial charge in [-0.2, -0.15) is 4.98 Å². The van der Waals surface area contributed by atoms with Crippen LogP contribution in [0.25, 0.3) is 0 Å². The van der Waals surface area contributed by atoms with Gasteiger partial charge in [-0.15, -0.1) is 0 Å². The molecule has 0 unspecified atom stereocenters. The Kier molecular flexibility index (Phi) is 6.38. The predicted octanol–water partition coefficient (Wildman–Crippen LogP) is -0.191. The first-order chi connectivity index (χ1) is 13.0. The summed E-state index contributed by atoms with van der Waals surface area (Å²) < 4.78 is 16.9. The summed E-state index contributed by atoms with van der Waals surface area (Å²) in [6.07, 6.45) is 0.841. The molecule has 0 aliphatic carbocycles. The number of aryl methyl sites for hydroxylation is 1. The molecule has 3 rings (SSSR count). The second-order valence-electron chi connectivity index (χ2n) is 6.49. The van der Waals surface area contributed by atoms with Crippen molar-refractivity contribution in [2.75, 3.05) is 67.2 Å². The van der Waals surface area contributed by atoms with Crippen LogP contribution in [0, 0.1) is 6.92 Å². The molecule has 0 atom stereocenters. The van der Waals surface area contributed by atoms with Crippen LogP contribution in [0.3, 0.4) is 0 Å². The lowest BCUT2D eigenvalue weighted by Crippen LogP contribution is -2.47. The molecule has 1 aromatic heterocycles. The van der Waals surface area contributed by atoms with E-state index in [0.717, 1.165) is 6.41 Å². The maximum absolute atomic E-state index is 12.5. The fourth-order valence-electron chi connectivity index (χ4n) is 3.23. The van der Waals surface area contributed by atoms with Crippen LogP contribution in [-0.2, 0) is 20.7 Å². The van der Waals surface area contributed by atoms with Crippen molar-refractivity contribution < 1.29 is 18.9 Å². The number of hydrogen-bond donors (Lipinski definition) is 0. The number of hydrogen-bond acceptors (Lipinski definition) is 8. The summed E-state index contributed by atoms with van der Waals surface area (Å²) in [6, 6.07) is 0. The van der Waals surface area contributed by atoms with E-state index in [1.807, 2.05) is 9.80 Å². The monoisotopic (exact) mass is 395 g/mol. The van der Waals surface area contributed by atoms with Gasteiger partial charge in [-0.05, 0) is 13.8 Å². The molecule has 0 N–H and O–H groups in total. The van der Waals surface area contributed by atoms with E-state index in [1.165, 1.54) is 0 Å². The zero-order chi connectivity index (χ0) is 19.4. The molecule has 0 spiro atoms. The third-order valence-corrected chi connectivity index (χ3v) is 6.04. The summed E-state index contributed by atoms with van der Waals surface area (Å²) in [4.78, 5) is 38.5. The molecular formula is C17H25N5O4S. The molecule has 2 aliphatic heterocycles. The van der Waals surface area contributed by atoms with Crippen LogP contribution in [-0.4, -0.2) is 89.2 Å². The summed E-state index contributed by atoms with van der Waals surface area (Å²) in [5.41, 5.74) is 0.943. The van der Waals surface area contributed by atoms with Crippen molar-refractivity contribution in [2.24, 2.45) is 0 Å². The van der Waals surface area contributed by atoms with E-state index >= 15 is 0 Å². The van der Waals surface area contributed by atoms with E-state index < -0.39 is 17.1 Å². The van der Waals surface area contributed by atoms with Gasteiger partial charge in [0.1, 0.15) is 22.9 Å². The number of aromatic nitrogens is 2. The number of piperazine rings is 1. The number of esters is 1. The van der Waals surface area contributed by atoms with Gasteiger partial charge < -0.3 is 24.0 Å². The summed E-state index contributed by atoms with van der Waals surface area (Å²) in [7, 11) is 0.